The third-order valence-electron chi connectivity index (χ3n) is 4.98. The SMILES string of the molecule is O=C(O)CC(=O)O.[CH2-]C(CCCCCCC)CCCCCCCCCCCC.[H-].[K+].[Li+]. The van der Waals surface area contributed by atoms with Crippen LogP contribution in [0.4, 0.5) is 0 Å². The van der Waals surface area contributed by atoms with Gasteiger partial charge in [0.2, 0.25) is 0 Å². The molecule has 0 radical (unpaired) electrons. The summed E-state index contributed by atoms with van der Waals surface area (Å²) in [6, 6.07) is 0. The second kappa shape index (κ2) is 32.4. The zero-order valence-corrected chi connectivity index (χ0v) is 23.8. The van der Waals surface area contributed by atoms with Gasteiger partial charge in [-0.25, -0.2) is 0 Å². The van der Waals surface area contributed by atoms with E-state index in [2.05, 4.69) is 20.8 Å². The number of hydrogen-bond acceptors (Lipinski definition) is 2. The monoisotopic (exact) mass is 446 g/mol. The van der Waals surface area contributed by atoms with E-state index in [0.717, 1.165) is 5.92 Å². The quantitative estimate of drug-likeness (QED) is 0.137. The summed E-state index contributed by atoms with van der Waals surface area (Å²) in [5.74, 6) is -1.90. The molecule has 30 heavy (non-hydrogen) atoms. The second-order valence-corrected chi connectivity index (χ2v) is 8.00. The van der Waals surface area contributed by atoms with Gasteiger partial charge in [0.05, 0.1) is 0 Å². The van der Waals surface area contributed by atoms with Gasteiger partial charge >= 0.3 is 82.2 Å². The third-order valence-corrected chi connectivity index (χ3v) is 4.98. The van der Waals surface area contributed by atoms with Crippen LogP contribution in [0.2, 0.25) is 0 Å². The summed E-state index contributed by atoms with van der Waals surface area (Å²) in [5.41, 5.74) is 0. The maximum absolute atomic E-state index is 9.43. The van der Waals surface area contributed by atoms with Gasteiger partial charge in [-0.05, 0) is 0 Å². The molecule has 0 amide bonds. The van der Waals surface area contributed by atoms with Crippen LogP contribution in [-0.4, -0.2) is 22.2 Å². The Balaban J connectivity index is -0.000000195. The van der Waals surface area contributed by atoms with Crippen molar-refractivity contribution in [2.75, 3.05) is 0 Å². The summed E-state index contributed by atoms with van der Waals surface area (Å²) >= 11 is 0. The summed E-state index contributed by atoms with van der Waals surface area (Å²) in [6.07, 6.45) is 23.4. The van der Waals surface area contributed by atoms with Crippen LogP contribution in [-0.2, 0) is 9.59 Å². The number of carboxylic acid groups (broad SMARTS) is 2. The first-order valence-corrected chi connectivity index (χ1v) is 11.7. The molecule has 0 aliphatic carbocycles. The molecule has 0 saturated carbocycles. The van der Waals surface area contributed by atoms with Gasteiger partial charge in [0, 0.05) is 0 Å². The van der Waals surface area contributed by atoms with Crippen LogP contribution in [0.25, 0.3) is 0 Å². The van der Waals surface area contributed by atoms with Crippen LogP contribution in [0.15, 0.2) is 0 Å². The number of carbonyl (C=O) groups is 2. The average molecular weight is 447 g/mol. The van der Waals surface area contributed by atoms with Crippen molar-refractivity contribution < 1.29 is 91.5 Å². The maximum atomic E-state index is 9.43. The van der Waals surface area contributed by atoms with Crippen molar-refractivity contribution >= 4 is 11.9 Å². The molecule has 1 unspecified atom stereocenters. The van der Waals surface area contributed by atoms with Crippen LogP contribution in [0.1, 0.15) is 131 Å². The molecule has 1 atom stereocenters. The van der Waals surface area contributed by atoms with Crippen LogP contribution in [0.5, 0.6) is 0 Å². The molecule has 0 rings (SSSR count). The predicted molar refractivity (Wildman–Crippen MR) is 120 cm³/mol. The summed E-state index contributed by atoms with van der Waals surface area (Å²) in [7, 11) is 0. The zero-order valence-electron chi connectivity index (χ0n) is 21.7. The molecule has 2 N–H and O–H groups in total. The first-order chi connectivity index (χ1) is 13.4. The number of unbranched alkanes of at least 4 members (excludes halogenated alkanes) is 13. The second-order valence-electron chi connectivity index (χ2n) is 8.00. The van der Waals surface area contributed by atoms with E-state index in [4.69, 9.17) is 10.2 Å². The standard InChI is InChI=1S/C21H43.C3H4O4.K.Li.H/c1-4-6-8-10-11-12-13-14-16-18-20-21(3)19-17-15-9-7-5-2;4-2(5)1-3(6)7;;;/h21H,3-20H2,1-2H3;1H2,(H,4,5)(H,6,7);;;/q-1;;2*+1;-1. The van der Waals surface area contributed by atoms with E-state index < -0.39 is 18.4 Å². The third kappa shape index (κ3) is 39.6. The maximum Gasteiger partial charge on any atom is 1.00 e. The summed E-state index contributed by atoms with van der Waals surface area (Å²) < 4.78 is 0. The minimum Gasteiger partial charge on any atom is -1.00 e. The van der Waals surface area contributed by atoms with E-state index in [1.54, 1.807) is 0 Å². The van der Waals surface area contributed by atoms with Crippen molar-refractivity contribution in [2.45, 2.75) is 129 Å². The van der Waals surface area contributed by atoms with Crippen molar-refractivity contribution in [3.63, 3.8) is 0 Å². The minimum absolute atomic E-state index is 0. The van der Waals surface area contributed by atoms with Gasteiger partial charge in [-0.2, -0.15) is 5.92 Å². The number of hydrogen-bond donors (Lipinski definition) is 2. The Morgan fingerprint density at radius 3 is 1.17 bits per heavy atom. The molecule has 0 aromatic rings. The van der Waals surface area contributed by atoms with Crippen LogP contribution >= 0.6 is 0 Å². The van der Waals surface area contributed by atoms with Crippen molar-refractivity contribution in [1.82, 2.24) is 0 Å². The normalized spacial score (nSPS) is 10.8. The topological polar surface area (TPSA) is 74.6 Å². The fourth-order valence-corrected chi connectivity index (χ4v) is 3.23. The van der Waals surface area contributed by atoms with Gasteiger partial charge in [0.15, 0.2) is 0 Å². The molecular formula is C24H48KLiO4. The van der Waals surface area contributed by atoms with Crippen molar-refractivity contribution in [3.05, 3.63) is 6.92 Å². The molecule has 0 aromatic carbocycles. The molecule has 0 aliphatic heterocycles. The Labute approximate surface area is 243 Å². The molecule has 0 aliphatic rings. The molecule has 4 nitrogen and oxygen atoms in total. The van der Waals surface area contributed by atoms with E-state index in [1.807, 2.05) is 0 Å². The molecular weight excluding hydrogens is 398 g/mol. The molecule has 170 valence electrons. The van der Waals surface area contributed by atoms with E-state index in [1.165, 1.54) is 109 Å². The Morgan fingerprint density at radius 2 is 0.933 bits per heavy atom. The van der Waals surface area contributed by atoms with E-state index in [9.17, 15) is 9.59 Å². The molecule has 6 heteroatoms. The van der Waals surface area contributed by atoms with Gasteiger partial charge in [-0.1, -0.05) is 123 Å². The molecule has 0 saturated heterocycles. The number of rotatable bonds is 19. The zero-order chi connectivity index (χ0) is 21.5. The Bertz CT molecular complexity index is 348. The Kier molecular flexibility index (Phi) is 41.5. The summed E-state index contributed by atoms with van der Waals surface area (Å²) in [6.45, 7) is 8.91. The smallest absolute Gasteiger partial charge is 1.00 e. The summed E-state index contributed by atoms with van der Waals surface area (Å²) in [5, 5.41) is 15.4. The molecule has 0 fully saturated rings. The van der Waals surface area contributed by atoms with E-state index in [0.29, 0.717) is 0 Å². The number of aliphatic carboxylic acids is 2. The molecule has 0 aromatic heterocycles. The predicted octanol–water partition coefficient (Wildman–Crippen LogP) is 1.77. The minimum atomic E-state index is -1.31. The number of carboxylic acids is 2. The largest absolute Gasteiger partial charge is 1.00 e. The van der Waals surface area contributed by atoms with Crippen LogP contribution in [0.3, 0.4) is 0 Å². The van der Waals surface area contributed by atoms with Crippen LogP contribution < -0.4 is 70.2 Å². The fourth-order valence-electron chi connectivity index (χ4n) is 3.23. The van der Waals surface area contributed by atoms with E-state index >= 15 is 0 Å². The van der Waals surface area contributed by atoms with Crippen LogP contribution in [0, 0.1) is 12.8 Å². The van der Waals surface area contributed by atoms with Crippen molar-refractivity contribution in [2.24, 2.45) is 5.92 Å². The van der Waals surface area contributed by atoms with Crippen molar-refractivity contribution in [3.8, 4) is 0 Å². The molecule has 0 bridgehead atoms. The fraction of sp³-hybridized carbons (Fsp3) is 0.875. The van der Waals surface area contributed by atoms with Gasteiger partial charge in [-0.3, -0.25) is 9.59 Å². The van der Waals surface area contributed by atoms with Crippen molar-refractivity contribution in [1.29, 1.82) is 0 Å². The first-order valence-electron chi connectivity index (χ1n) is 11.7. The average Bonchev–Trinajstić information content (AvgIpc) is 2.62. The molecule has 0 spiro atoms. The first kappa shape index (κ1) is 38.4. The summed E-state index contributed by atoms with van der Waals surface area (Å²) in [4.78, 5) is 18.9. The van der Waals surface area contributed by atoms with Gasteiger partial charge in [0.25, 0.3) is 0 Å². The van der Waals surface area contributed by atoms with E-state index in [-0.39, 0.29) is 71.7 Å². The Hall–Kier alpha value is 1.17. The van der Waals surface area contributed by atoms with Gasteiger partial charge in [-0.15, -0.1) is 0 Å². The van der Waals surface area contributed by atoms with Gasteiger partial charge in [0.1, 0.15) is 6.42 Å². The molecule has 0 heterocycles. The Morgan fingerprint density at radius 1 is 0.667 bits per heavy atom. The van der Waals surface area contributed by atoms with Gasteiger partial charge < -0.3 is 18.6 Å².